The third-order valence-electron chi connectivity index (χ3n) is 7.24. The average Bonchev–Trinajstić information content (AvgIpc) is 2.67. The molecule has 0 bridgehead atoms. The number of hydrogen-bond acceptors (Lipinski definition) is 6. The third-order valence-corrected chi connectivity index (χ3v) is 7.24. The highest BCUT2D eigenvalue weighted by atomic mass is 16.3. The van der Waals surface area contributed by atoms with Gasteiger partial charge in [-0.05, 0) is 66.5 Å². The van der Waals surface area contributed by atoms with Gasteiger partial charge in [0, 0.05) is 12.0 Å². The number of hydrogen-bond donors (Lipinski definition) is 4. The molecule has 0 radical (unpaired) electrons. The lowest BCUT2D eigenvalue weighted by molar-refractivity contribution is -0.127. The lowest BCUT2D eigenvalue weighted by Gasteiger charge is -2.41. The van der Waals surface area contributed by atoms with Crippen LogP contribution in [-0.2, 0) is 27.2 Å². The van der Waals surface area contributed by atoms with Crippen molar-refractivity contribution in [3.63, 3.8) is 0 Å². The SMILES string of the molecule is CC(C)(C)CCCc1ccc(O)c2c1C[C@H]1C[C@H]3CC(=O)C(C(N)=O)=C(O)C3C(=O)C1=C2O. The first-order valence-corrected chi connectivity index (χ1v) is 11.5. The molecule has 0 aliphatic heterocycles. The minimum Gasteiger partial charge on any atom is -0.511 e. The highest BCUT2D eigenvalue weighted by molar-refractivity contribution is 6.21. The number of allylic oxidation sites excluding steroid dienone is 2. The lowest BCUT2D eigenvalue weighted by atomic mass is 9.61. The van der Waals surface area contributed by atoms with Gasteiger partial charge in [0.25, 0.3) is 5.91 Å². The van der Waals surface area contributed by atoms with E-state index in [9.17, 15) is 29.7 Å². The van der Waals surface area contributed by atoms with Crippen molar-refractivity contribution < 1.29 is 29.7 Å². The summed E-state index contributed by atoms with van der Waals surface area (Å²) in [6.45, 7) is 6.55. The van der Waals surface area contributed by atoms with Crippen LogP contribution in [0.5, 0.6) is 5.75 Å². The number of amides is 1. The number of aliphatic hydroxyl groups excluding tert-OH is 2. The van der Waals surface area contributed by atoms with Crippen molar-refractivity contribution in [2.75, 3.05) is 0 Å². The standard InChI is InChI=1S/C26H31NO6/c1-26(2,3)8-4-5-12-6-7-16(28)20-15(12)10-13-9-14-11-17(29)21(25(27)33)24(32)19(14)22(30)18(13)23(20)31/h6-7,13-14,19,28,31-32H,4-5,8-11H2,1-3H3,(H2,27,33)/t13-,14+,19?/m1/s1. The first-order chi connectivity index (χ1) is 15.4. The Morgan fingerprint density at radius 3 is 2.45 bits per heavy atom. The fourth-order valence-electron chi connectivity index (χ4n) is 5.75. The predicted molar refractivity (Wildman–Crippen MR) is 122 cm³/mol. The maximum absolute atomic E-state index is 13.4. The molecule has 5 N–H and O–H groups in total. The van der Waals surface area contributed by atoms with Crippen LogP contribution in [0.15, 0.2) is 29.0 Å². The second-order valence-electron chi connectivity index (χ2n) is 10.8. The number of phenols is 1. The Bertz CT molecular complexity index is 1120. The third kappa shape index (κ3) is 3.94. The van der Waals surface area contributed by atoms with E-state index in [4.69, 9.17) is 5.73 Å². The number of fused-ring (bicyclic) bond motifs is 3. The van der Waals surface area contributed by atoms with Crippen LogP contribution in [0.1, 0.15) is 63.1 Å². The second-order valence-corrected chi connectivity index (χ2v) is 10.8. The number of primary amides is 1. The van der Waals surface area contributed by atoms with E-state index in [1.54, 1.807) is 6.07 Å². The number of carbonyl (C=O) groups excluding carboxylic acids is 3. The summed E-state index contributed by atoms with van der Waals surface area (Å²) in [6, 6.07) is 3.42. The van der Waals surface area contributed by atoms with Crippen molar-refractivity contribution in [1.82, 2.24) is 0 Å². The zero-order valence-electron chi connectivity index (χ0n) is 19.3. The van der Waals surface area contributed by atoms with Crippen LogP contribution in [-0.4, -0.2) is 32.8 Å². The monoisotopic (exact) mass is 453 g/mol. The smallest absolute Gasteiger partial charge is 0.255 e. The summed E-state index contributed by atoms with van der Waals surface area (Å²) >= 11 is 0. The first kappa shape index (κ1) is 23.1. The summed E-state index contributed by atoms with van der Waals surface area (Å²) in [7, 11) is 0. The molecule has 7 heteroatoms. The van der Waals surface area contributed by atoms with E-state index in [-0.39, 0.29) is 40.4 Å². The van der Waals surface area contributed by atoms with Crippen LogP contribution < -0.4 is 5.73 Å². The minimum atomic E-state index is -1.09. The normalized spacial score (nSPS) is 25.0. The van der Waals surface area contributed by atoms with Crippen molar-refractivity contribution in [3.05, 3.63) is 45.7 Å². The van der Waals surface area contributed by atoms with Crippen LogP contribution in [0, 0.1) is 23.2 Å². The van der Waals surface area contributed by atoms with Gasteiger partial charge in [-0.2, -0.15) is 0 Å². The van der Waals surface area contributed by atoms with Crippen molar-refractivity contribution in [1.29, 1.82) is 0 Å². The van der Waals surface area contributed by atoms with Crippen LogP contribution >= 0.6 is 0 Å². The van der Waals surface area contributed by atoms with Crippen molar-refractivity contribution in [3.8, 4) is 5.75 Å². The zero-order chi connectivity index (χ0) is 24.2. The highest BCUT2D eigenvalue weighted by Crippen LogP contribution is 2.50. The van der Waals surface area contributed by atoms with E-state index in [0.717, 1.165) is 30.4 Å². The van der Waals surface area contributed by atoms with Gasteiger partial charge >= 0.3 is 0 Å². The van der Waals surface area contributed by atoms with Crippen LogP contribution in [0.2, 0.25) is 0 Å². The van der Waals surface area contributed by atoms with Gasteiger partial charge in [-0.15, -0.1) is 0 Å². The number of aryl methyl sites for hydroxylation is 1. The van der Waals surface area contributed by atoms with E-state index < -0.39 is 40.6 Å². The number of aromatic hydroxyl groups is 1. The fraction of sp³-hybridized carbons (Fsp3) is 0.500. The molecule has 33 heavy (non-hydrogen) atoms. The van der Waals surface area contributed by atoms with Gasteiger partial charge in [-0.3, -0.25) is 14.4 Å². The summed E-state index contributed by atoms with van der Waals surface area (Å²) in [5.41, 5.74) is 7.22. The Morgan fingerprint density at radius 2 is 1.82 bits per heavy atom. The Balaban J connectivity index is 1.75. The average molecular weight is 454 g/mol. The lowest BCUT2D eigenvalue weighted by Crippen LogP contribution is -2.44. The molecule has 1 unspecified atom stereocenters. The molecule has 0 heterocycles. The molecule has 1 aromatic carbocycles. The molecular formula is C26H31NO6. The topological polar surface area (TPSA) is 138 Å². The minimum absolute atomic E-state index is 0.0470. The quantitative estimate of drug-likeness (QED) is 0.513. The van der Waals surface area contributed by atoms with Crippen molar-refractivity contribution in [2.45, 2.75) is 59.3 Å². The van der Waals surface area contributed by atoms with Crippen molar-refractivity contribution >= 4 is 23.2 Å². The molecule has 4 rings (SSSR count). The van der Waals surface area contributed by atoms with Crippen molar-refractivity contribution in [2.24, 2.45) is 28.9 Å². The number of aliphatic hydroxyl groups is 2. The summed E-state index contributed by atoms with van der Waals surface area (Å²) in [5.74, 6) is -4.97. The fourth-order valence-corrected chi connectivity index (χ4v) is 5.75. The molecule has 1 aromatic rings. The Morgan fingerprint density at radius 1 is 1.12 bits per heavy atom. The number of ketones is 2. The Hall–Kier alpha value is -3.09. The summed E-state index contributed by atoms with van der Waals surface area (Å²) in [5, 5.41) is 32.3. The van der Waals surface area contributed by atoms with Crippen LogP contribution in [0.25, 0.3) is 5.76 Å². The number of benzene rings is 1. The molecule has 3 aliphatic rings. The number of carbonyl (C=O) groups is 3. The highest BCUT2D eigenvalue weighted by Gasteiger charge is 2.50. The van der Waals surface area contributed by atoms with E-state index in [0.29, 0.717) is 12.8 Å². The van der Waals surface area contributed by atoms with Crippen LogP contribution in [0.3, 0.4) is 0 Å². The Kier molecular flexibility index (Phi) is 5.63. The van der Waals surface area contributed by atoms with E-state index >= 15 is 0 Å². The number of rotatable bonds is 4. The summed E-state index contributed by atoms with van der Waals surface area (Å²) in [6.07, 6.45) is 3.60. The van der Waals surface area contributed by atoms with Gasteiger partial charge in [0.05, 0.1) is 11.5 Å². The van der Waals surface area contributed by atoms with Crippen LogP contribution in [0.4, 0.5) is 0 Å². The van der Waals surface area contributed by atoms with Gasteiger partial charge in [-0.25, -0.2) is 0 Å². The largest absolute Gasteiger partial charge is 0.511 e. The zero-order valence-corrected chi connectivity index (χ0v) is 19.3. The molecule has 176 valence electrons. The number of phenolic OH excluding ortho intramolecular Hbond substituents is 1. The van der Waals surface area contributed by atoms with Gasteiger partial charge in [0.15, 0.2) is 11.6 Å². The number of Topliss-reactive ketones (excluding diaryl/α,β-unsaturated/α-hetero) is 2. The van der Waals surface area contributed by atoms with Gasteiger partial charge in [-0.1, -0.05) is 26.8 Å². The molecule has 0 aromatic heterocycles. The summed E-state index contributed by atoms with van der Waals surface area (Å²) in [4.78, 5) is 37.5. The number of nitrogens with two attached hydrogens (primary N) is 1. The molecule has 0 spiro atoms. The van der Waals surface area contributed by atoms with E-state index in [2.05, 4.69) is 20.8 Å². The molecule has 3 aliphatic carbocycles. The van der Waals surface area contributed by atoms with Gasteiger partial charge in [0.2, 0.25) is 0 Å². The molecule has 1 saturated carbocycles. The predicted octanol–water partition coefficient (Wildman–Crippen LogP) is 3.68. The van der Waals surface area contributed by atoms with Gasteiger partial charge in [0.1, 0.15) is 22.8 Å². The van der Waals surface area contributed by atoms with Gasteiger partial charge < -0.3 is 21.1 Å². The molecule has 1 fully saturated rings. The first-order valence-electron chi connectivity index (χ1n) is 11.5. The molecule has 1 amide bonds. The molecular weight excluding hydrogens is 422 g/mol. The maximum atomic E-state index is 13.4. The molecule has 7 nitrogen and oxygen atoms in total. The maximum Gasteiger partial charge on any atom is 0.255 e. The molecule has 3 atom stereocenters. The van der Waals surface area contributed by atoms with E-state index in [1.165, 1.54) is 0 Å². The molecule has 0 saturated heterocycles. The van der Waals surface area contributed by atoms with E-state index in [1.807, 2.05) is 6.07 Å². The summed E-state index contributed by atoms with van der Waals surface area (Å²) < 4.78 is 0. The Labute approximate surface area is 193 Å². The second kappa shape index (κ2) is 8.04.